The predicted molar refractivity (Wildman–Crippen MR) is 88.5 cm³/mol. The lowest BCUT2D eigenvalue weighted by atomic mass is 10.3. The van der Waals surface area contributed by atoms with E-state index in [-0.39, 0.29) is 23.6 Å². The summed E-state index contributed by atoms with van der Waals surface area (Å²) in [6.45, 7) is 6.58. The highest BCUT2D eigenvalue weighted by molar-refractivity contribution is 7.99. The summed E-state index contributed by atoms with van der Waals surface area (Å²) in [5.74, 6) is 0.775. The van der Waals surface area contributed by atoms with E-state index in [1.807, 2.05) is 18.4 Å². The van der Waals surface area contributed by atoms with Crippen molar-refractivity contribution in [3.63, 3.8) is 0 Å². The number of hydrogen-bond acceptors (Lipinski definition) is 6. The molecular formula is C16H20FN3O3S. The average Bonchev–Trinajstić information content (AvgIpc) is 2.98. The van der Waals surface area contributed by atoms with Crippen LogP contribution in [0, 0.1) is 5.82 Å². The van der Waals surface area contributed by atoms with Crippen molar-refractivity contribution in [1.29, 1.82) is 0 Å². The highest BCUT2D eigenvalue weighted by Crippen LogP contribution is 2.24. The molecule has 1 heterocycles. The van der Waals surface area contributed by atoms with Crippen LogP contribution in [0.5, 0.6) is 5.75 Å². The first-order chi connectivity index (χ1) is 11.5. The molecule has 6 nitrogen and oxygen atoms in total. The molecule has 1 aromatic carbocycles. The first-order valence-electron chi connectivity index (χ1n) is 7.68. The molecule has 0 amide bonds. The van der Waals surface area contributed by atoms with E-state index in [0.29, 0.717) is 29.9 Å². The summed E-state index contributed by atoms with van der Waals surface area (Å²) in [6.07, 6.45) is -0.361. The van der Waals surface area contributed by atoms with Crippen molar-refractivity contribution >= 4 is 17.7 Å². The van der Waals surface area contributed by atoms with Crippen LogP contribution < -0.4 is 4.74 Å². The molecule has 1 unspecified atom stereocenters. The fraction of sp³-hybridized carbons (Fsp3) is 0.438. The summed E-state index contributed by atoms with van der Waals surface area (Å²) < 4.78 is 25.5. The zero-order valence-corrected chi connectivity index (χ0v) is 14.7. The van der Waals surface area contributed by atoms with Crippen molar-refractivity contribution in [1.82, 2.24) is 14.8 Å². The Bertz CT molecular complexity index is 676. The maximum Gasteiger partial charge on any atom is 0.316 e. The molecule has 1 atom stereocenters. The molecule has 2 aromatic rings. The number of hydrogen-bond donors (Lipinski definition) is 0. The number of carbonyl (C=O) groups excluding carboxylic acids is 1. The van der Waals surface area contributed by atoms with Gasteiger partial charge in [-0.05, 0) is 45.0 Å². The Morgan fingerprint density at radius 2 is 2.00 bits per heavy atom. The van der Waals surface area contributed by atoms with Crippen LogP contribution in [0.25, 0.3) is 0 Å². The number of rotatable bonds is 8. The Morgan fingerprint density at radius 3 is 2.62 bits per heavy atom. The molecule has 0 aliphatic heterocycles. The number of benzene rings is 1. The number of halogens is 1. The summed E-state index contributed by atoms with van der Waals surface area (Å²) in [4.78, 5) is 11.5. The number of nitrogens with zero attached hydrogens (tertiary/aromatic N) is 3. The van der Waals surface area contributed by atoms with Gasteiger partial charge in [0, 0.05) is 6.54 Å². The minimum Gasteiger partial charge on any atom is -0.483 e. The highest BCUT2D eigenvalue weighted by atomic mass is 32.2. The molecule has 8 heteroatoms. The maximum atomic E-state index is 13.0. The molecule has 0 bridgehead atoms. The second-order valence-electron chi connectivity index (χ2n) is 4.89. The molecule has 0 aliphatic rings. The first kappa shape index (κ1) is 18.3. The van der Waals surface area contributed by atoms with E-state index in [2.05, 4.69) is 10.2 Å². The molecule has 0 aliphatic carbocycles. The molecule has 0 saturated carbocycles. The predicted octanol–water partition coefficient (Wildman–Crippen LogP) is 3.23. The van der Waals surface area contributed by atoms with Gasteiger partial charge >= 0.3 is 5.97 Å². The Labute approximate surface area is 144 Å². The monoisotopic (exact) mass is 353 g/mol. The third-order valence-corrected chi connectivity index (χ3v) is 4.12. The molecule has 0 spiro atoms. The maximum absolute atomic E-state index is 13.0. The smallest absolute Gasteiger partial charge is 0.316 e. The third-order valence-electron chi connectivity index (χ3n) is 3.18. The largest absolute Gasteiger partial charge is 0.483 e. The van der Waals surface area contributed by atoms with Crippen molar-refractivity contribution < 1.29 is 18.7 Å². The SMILES string of the molecule is CCOC(=O)CSc1nnc(C(C)Oc2ccc(F)cc2)n1CC. The molecule has 0 fully saturated rings. The fourth-order valence-electron chi connectivity index (χ4n) is 2.10. The molecular weight excluding hydrogens is 333 g/mol. The highest BCUT2D eigenvalue weighted by Gasteiger charge is 2.19. The van der Waals surface area contributed by atoms with Crippen LogP contribution in [-0.4, -0.2) is 33.1 Å². The van der Waals surface area contributed by atoms with E-state index < -0.39 is 0 Å². The standard InChI is InChI=1S/C16H20FN3O3S/c1-4-20-15(11(3)23-13-8-6-12(17)7-9-13)18-19-16(20)24-10-14(21)22-5-2/h6-9,11H,4-5,10H2,1-3H3. The number of thioether (sulfide) groups is 1. The van der Waals surface area contributed by atoms with Gasteiger partial charge in [0.05, 0.1) is 12.4 Å². The summed E-state index contributed by atoms with van der Waals surface area (Å²) in [6, 6.07) is 5.81. The summed E-state index contributed by atoms with van der Waals surface area (Å²) >= 11 is 1.28. The van der Waals surface area contributed by atoms with E-state index in [1.165, 1.54) is 23.9 Å². The molecule has 1 aromatic heterocycles. The topological polar surface area (TPSA) is 66.2 Å². The van der Waals surface area contributed by atoms with Gasteiger partial charge in [-0.15, -0.1) is 10.2 Å². The van der Waals surface area contributed by atoms with E-state index in [0.717, 1.165) is 0 Å². The van der Waals surface area contributed by atoms with E-state index in [4.69, 9.17) is 9.47 Å². The van der Waals surface area contributed by atoms with Gasteiger partial charge in [-0.3, -0.25) is 4.79 Å². The summed E-state index contributed by atoms with van der Waals surface area (Å²) in [5.41, 5.74) is 0. The Balaban J connectivity index is 2.06. The second kappa shape index (κ2) is 8.68. The van der Waals surface area contributed by atoms with Crippen LogP contribution in [-0.2, 0) is 16.1 Å². The number of esters is 1. The molecule has 130 valence electrons. The van der Waals surface area contributed by atoms with Crippen molar-refractivity contribution in [2.75, 3.05) is 12.4 Å². The minimum atomic E-state index is -0.361. The van der Waals surface area contributed by atoms with Gasteiger partial charge in [0.15, 0.2) is 17.1 Å². The van der Waals surface area contributed by atoms with Crippen LogP contribution in [0.15, 0.2) is 29.4 Å². The van der Waals surface area contributed by atoms with Gasteiger partial charge in [0.25, 0.3) is 0 Å². The second-order valence-corrected chi connectivity index (χ2v) is 5.84. The van der Waals surface area contributed by atoms with Crippen molar-refractivity contribution in [2.45, 2.75) is 38.6 Å². The van der Waals surface area contributed by atoms with Gasteiger partial charge < -0.3 is 14.0 Å². The zero-order chi connectivity index (χ0) is 17.5. The lowest BCUT2D eigenvalue weighted by Gasteiger charge is -2.15. The van der Waals surface area contributed by atoms with E-state index in [9.17, 15) is 9.18 Å². The van der Waals surface area contributed by atoms with Crippen molar-refractivity contribution in [3.05, 3.63) is 35.9 Å². The van der Waals surface area contributed by atoms with Gasteiger partial charge in [0.2, 0.25) is 0 Å². The fourth-order valence-corrected chi connectivity index (χ4v) is 2.91. The average molecular weight is 353 g/mol. The van der Waals surface area contributed by atoms with Crippen molar-refractivity contribution in [2.24, 2.45) is 0 Å². The van der Waals surface area contributed by atoms with Crippen molar-refractivity contribution in [3.8, 4) is 5.75 Å². The number of carbonyl (C=O) groups is 1. The van der Waals surface area contributed by atoms with Crippen LogP contribution in [0.2, 0.25) is 0 Å². The van der Waals surface area contributed by atoms with Crippen LogP contribution >= 0.6 is 11.8 Å². The van der Waals surface area contributed by atoms with Crippen LogP contribution in [0.3, 0.4) is 0 Å². The Hall–Kier alpha value is -2.09. The van der Waals surface area contributed by atoms with Gasteiger partial charge in [-0.2, -0.15) is 0 Å². The number of aromatic nitrogens is 3. The van der Waals surface area contributed by atoms with E-state index >= 15 is 0 Å². The Kier molecular flexibility index (Phi) is 6.60. The first-order valence-corrected chi connectivity index (χ1v) is 8.67. The zero-order valence-electron chi connectivity index (χ0n) is 13.9. The van der Waals surface area contributed by atoms with E-state index in [1.54, 1.807) is 19.1 Å². The molecule has 2 rings (SSSR count). The normalized spacial score (nSPS) is 12.0. The van der Waals surface area contributed by atoms with Crippen LogP contribution in [0.1, 0.15) is 32.7 Å². The lowest BCUT2D eigenvalue weighted by Crippen LogP contribution is -2.12. The number of ether oxygens (including phenoxy) is 2. The summed E-state index contributed by atoms with van der Waals surface area (Å²) in [7, 11) is 0. The molecule has 0 N–H and O–H groups in total. The quantitative estimate of drug-likeness (QED) is 0.536. The van der Waals surface area contributed by atoms with Gasteiger partial charge in [-0.1, -0.05) is 11.8 Å². The third kappa shape index (κ3) is 4.70. The molecule has 24 heavy (non-hydrogen) atoms. The van der Waals surface area contributed by atoms with Gasteiger partial charge in [0.1, 0.15) is 11.6 Å². The van der Waals surface area contributed by atoms with Gasteiger partial charge in [-0.25, -0.2) is 4.39 Å². The lowest BCUT2D eigenvalue weighted by molar-refractivity contribution is -0.139. The van der Waals surface area contributed by atoms with Crippen LogP contribution in [0.4, 0.5) is 4.39 Å². The Morgan fingerprint density at radius 1 is 1.29 bits per heavy atom. The molecule has 0 radical (unpaired) electrons. The molecule has 0 saturated heterocycles. The summed E-state index contributed by atoms with van der Waals surface area (Å²) in [5, 5.41) is 8.92. The minimum absolute atomic E-state index is 0.180.